The molecule has 0 fully saturated rings. The van der Waals surface area contributed by atoms with Gasteiger partial charge in [0.2, 0.25) is 0 Å². The summed E-state index contributed by atoms with van der Waals surface area (Å²) >= 11 is 0. The monoisotopic (exact) mass is 350 g/mol. The fourth-order valence-corrected chi connectivity index (χ4v) is 2.86. The van der Waals surface area contributed by atoms with Gasteiger partial charge in [0, 0.05) is 11.9 Å². The van der Waals surface area contributed by atoms with E-state index in [-0.39, 0.29) is 6.03 Å². The molecule has 0 aliphatic carbocycles. The Hall–Kier alpha value is -3.21. The first-order valence-electron chi connectivity index (χ1n) is 8.45. The number of urea groups is 1. The van der Waals surface area contributed by atoms with Gasteiger partial charge < -0.3 is 20.1 Å². The molecule has 0 saturated heterocycles. The lowest BCUT2D eigenvalue weighted by Gasteiger charge is -2.11. The number of rotatable bonds is 6. The highest BCUT2D eigenvalue weighted by Gasteiger charge is 2.07. The van der Waals surface area contributed by atoms with Gasteiger partial charge >= 0.3 is 6.03 Å². The van der Waals surface area contributed by atoms with E-state index in [0.29, 0.717) is 24.5 Å². The summed E-state index contributed by atoms with van der Waals surface area (Å²) in [6.07, 6.45) is 0.698. The fraction of sp³-hybridized carbons (Fsp3) is 0.190. The van der Waals surface area contributed by atoms with E-state index >= 15 is 0 Å². The topological polar surface area (TPSA) is 59.6 Å². The lowest BCUT2D eigenvalue weighted by Crippen LogP contribution is -2.30. The normalized spacial score (nSPS) is 10.4. The lowest BCUT2D eigenvalue weighted by atomic mass is 10.1. The van der Waals surface area contributed by atoms with Crippen LogP contribution in [0.15, 0.2) is 60.7 Å². The van der Waals surface area contributed by atoms with Crippen molar-refractivity contribution in [3.05, 3.63) is 66.2 Å². The molecule has 3 aromatic carbocycles. The molecule has 5 heteroatoms. The van der Waals surface area contributed by atoms with Crippen LogP contribution in [0.3, 0.4) is 0 Å². The zero-order valence-corrected chi connectivity index (χ0v) is 14.9. The molecule has 0 saturated carbocycles. The second kappa shape index (κ2) is 8.25. The SMILES string of the molecule is COc1ccc(CCNC(=O)Nc2cccc3ccccc23)cc1OC. The van der Waals surface area contributed by atoms with Gasteiger partial charge in [0.1, 0.15) is 0 Å². The van der Waals surface area contributed by atoms with Gasteiger partial charge in [-0.2, -0.15) is 0 Å². The first-order chi connectivity index (χ1) is 12.7. The van der Waals surface area contributed by atoms with E-state index in [1.807, 2.05) is 60.7 Å². The van der Waals surface area contributed by atoms with Crippen LogP contribution in [0.4, 0.5) is 10.5 Å². The van der Waals surface area contributed by atoms with Crippen LogP contribution in [0.5, 0.6) is 11.5 Å². The summed E-state index contributed by atoms with van der Waals surface area (Å²) in [5.74, 6) is 1.38. The zero-order chi connectivity index (χ0) is 18.4. The van der Waals surface area contributed by atoms with E-state index in [2.05, 4.69) is 10.6 Å². The van der Waals surface area contributed by atoms with E-state index in [1.54, 1.807) is 14.2 Å². The maximum absolute atomic E-state index is 12.2. The molecule has 0 bridgehead atoms. The zero-order valence-electron chi connectivity index (χ0n) is 14.9. The van der Waals surface area contributed by atoms with Gasteiger partial charge in [0.05, 0.1) is 19.9 Å². The van der Waals surface area contributed by atoms with Gasteiger partial charge in [-0.25, -0.2) is 4.79 Å². The molecule has 0 atom stereocenters. The van der Waals surface area contributed by atoms with Gasteiger partial charge in [0.15, 0.2) is 11.5 Å². The van der Waals surface area contributed by atoms with Crippen molar-refractivity contribution in [3.63, 3.8) is 0 Å². The Morgan fingerprint density at radius 2 is 1.69 bits per heavy atom. The standard InChI is InChI=1S/C21H22N2O3/c1-25-19-11-10-15(14-20(19)26-2)12-13-22-21(24)23-18-9-5-7-16-6-3-4-8-17(16)18/h3-11,14H,12-13H2,1-2H3,(H2,22,23,24). The number of fused-ring (bicyclic) bond motifs is 1. The van der Waals surface area contributed by atoms with Crippen molar-refractivity contribution in [1.29, 1.82) is 0 Å². The van der Waals surface area contributed by atoms with Crippen LogP contribution in [0.2, 0.25) is 0 Å². The fourth-order valence-electron chi connectivity index (χ4n) is 2.86. The average Bonchev–Trinajstić information content (AvgIpc) is 2.68. The second-order valence-corrected chi connectivity index (χ2v) is 5.85. The van der Waals surface area contributed by atoms with Gasteiger partial charge in [0.25, 0.3) is 0 Å². The summed E-state index contributed by atoms with van der Waals surface area (Å²) in [5.41, 5.74) is 1.86. The average molecular weight is 350 g/mol. The van der Waals surface area contributed by atoms with Crippen LogP contribution in [0, 0.1) is 0 Å². The molecule has 0 heterocycles. The smallest absolute Gasteiger partial charge is 0.319 e. The van der Waals surface area contributed by atoms with E-state index in [0.717, 1.165) is 22.0 Å². The van der Waals surface area contributed by atoms with Crippen LogP contribution in [-0.4, -0.2) is 26.8 Å². The number of carbonyl (C=O) groups excluding carboxylic acids is 1. The number of ether oxygens (including phenoxy) is 2. The molecule has 134 valence electrons. The predicted octanol–water partition coefficient (Wildman–Crippen LogP) is 4.22. The molecule has 0 aliphatic rings. The molecular formula is C21H22N2O3. The van der Waals surface area contributed by atoms with Crippen molar-refractivity contribution in [2.45, 2.75) is 6.42 Å². The molecule has 0 aliphatic heterocycles. The van der Waals surface area contributed by atoms with E-state index < -0.39 is 0 Å². The van der Waals surface area contributed by atoms with Crippen LogP contribution in [0.25, 0.3) is 10.8 Å². The predicted molar refractivity (Wildman–Crippen MR) is 104 cm³/mol. The lowest BCUT2D eigenvalue weighted by molar-refractivity contribution is 0.252. The summed E-state index contributed by atoms with van der Waals surface area (Å²) in [4.78, 5) is 12.2. The van der Waals surface area contributed by atoms with E-state index in [4.69, 9.17) is 9.47 Å². The molecule has 26 heavy (non-hydrogen) atoms. The summed E-state index contributed by atoms with van der Waals surface area (Å²) in [7, 11) is 3.22. The Kier molecular flexibility index (Phi) is 5.59. The van der Waals surface area contributed by atoms with Crippen molar-refractivity contribution in [2.24, 2.45) is 0 Å². The molecule has 3 aromatic rings. The number of amides is 2. The molecule has 3 rings (SSSR count). The summed E-state index contributed by atoms with van der Waals surface area (Å²) in [6.45, 7) is 0.520. The van der Waals surface area contributed by atoms with Crippen molar-refractivity contribution < 1.29 is 14.3 Å². The number of nitrogens with one attached hydrogen (secondary N) is 2. The van der Waals surface area contributed by atoms with Crippen molar-refractivity contribution in [3.8, 4) is 11.5 Å². The van der Waals surface area contributed by atoms with Gasteiger partial charge in [-0.15, -0.1) is 0 Å². The number of hydrogen-bond acceptors (Lipinski definition) is 3. The van der Waals surface area contributed by atoms with E-state index in [1.165, 1.54) is 0 Å². The molecule has 0 spiro atoms. The maximum Gasteiger partial charge on any atom is 0.319 e. The second-order valence-electron chi connectivity index (χ2n) is 5.85. The number of anilines is 1. The molecule has 5 nitrogen and oxygen atoms in total. The number of carbonyl (C=O) groups is 1. The molecule has 2 amide bonds. The van der Waals surface area contributed by atoms with Crippen LogP contribution in [-0.2, 0) is 6.42 Å². The molecule has 0 aromatic heterocycles. The van der Waals surface area contributed by atoms with Crippen molar-refractivity contribution in [2.75, 3.05) is 26.1 Å². The first kappa shape index (κ1) is 17.6. The summed E-state index contributed by atoms with van der Waals surface area (Å²) in [6, 6.07) is 19.3. The summed E-state index contributed by atoms with van der Waals surface area (Å²) < 4.78 is 10.5. The van der Waals surface area contributed by atoms with Crippen molar-refractivity contribution in [1.82, 2.24) is 5.32 Å². The Bertz CT molecular complexity index is 903. The highest BCUT2D eigenvalue weighted by atomic mass is 16.5. The van der Waals surface area contributed by atoms with Gasteiger partial charge in [-0.1, -0.05) is 42.5 Å². The maximum atomic E-state index is 12.2. The Morgan fingerprint density at radius 1 is 0.923 bits per heavy atom. The first-order valence-corrected chi connectivity index (χ1v) is 8.45. The van der Waals surface area contributed by atoms with Crippen LogP contribution in [0.1, 0.15) is 5.56 Å². The van der Waals surface area contributed by atoms with Crippen molar-refractivity contribution >= 4 is 22.5 Å². The Labute approximate surface area is 152 Å². The molecule has 0 radical (unpaired) electrons. The van der Waals surface area contributed by atoms with Crippen LogP contribution >= 0.6 is 0 Å². The minimum atomic E-state index is -0.221. The number of methoxy groups -OCH3 is 2. The van der Waals surface area contributed by atoms with Gasteiger partial charge in [-0.05, 0) is 35.6 Å². The minimum Gasteiger partial charge on any atom is -0.493 e. The van der Waals surface area contributed by atoms with Gasteiger partial charge in [-0.3, -0.25) is 0 Å². The Morgan fingerprint density at radius 3 is 2.50 bits per heavy atom. The van der Waals surface area contributed by atoms with E-state index in [9.17, 15) is 4.79 Å². The molecule has 0 unspecified atom stereocenters. The third-order valence-electron chi connectivity index (χ3n) is 4.19. The highest BCUT2D eigenvalue weighted by molar-refractivity contribution is 6.01. The number of benzene rings is 3. The summed E-state index contributed by atoms with van der Waals surface area (Å²) in [5, 5.41) is 7.92. The quantitative estimate of drug-likeness (QED) is 0.700. The third kappa shape index (κ3) is 4.06. The highest BCUT2D eigenvalue weighted by Crippen LogP contribution is 2.27. The Balaban J connectivity index is 1.57. The molecular weight excluding hydrogens is 328 g/mol. The largest absolute Gasteiger partial charge is 0.493 e. The molecule has 2 N–H and O–H groups in total. The minimum absolute atomic E-state index is 0.221. The van der Waals surface area contributed by atoms with Crippen LogP contribution < -0.4 is 20.1 Å². The third-order valence-corrected chi connectivity index (χ3v) is 4.19. The number of hydrogen-bond donors (Lipinski definition) is 2.